The highest BCUT2D eigenvalue weighted by Gasteiger charge is 2.25. The van der Waals surface area contributed by atoms with Crippen LogP contribution in [0.3, 0.4) is 0 Å². The van der Waals surface area contributed by atoms with Gasteiger partial charge < -0.3 is 19.7 Å². The molecule has 0 aliphatic carbocycles. The van der Waals surface area contributed by atoms with Gasteiger partial charge in [-0.05, 0) is 53.2 Å². The van der Waals surface area contributed by atoms with Crippen LogP contribution in [0.15, 0.2) is 6.07 Å². The second-order valence-electron chi connectivity index (χ2n) is 6.38. The summed E-state index contributed by atoms with van der Waals surface area (Å²) in [5.74, 6) is -1.08. The van der Waals surface area contributed by atoms with Crippen LogP contribution >= 0.6 is 0 Å². The zero-order valence-corrected chi connectivity index (χ0v) is 14.2. The number of carbonyl (C=O) groups is 2. The first-order valence-corrected chi connectivity index (χ1v) is 7.43. The van der Waals surface area contributed by atoms with Crippen LogP contribution in [0, 0.1) is 13.8 Å². The van der Waals surface area contributed by atoms with Crippen LogP contribution in [0.4, 0.5) is 4.79 Å². The Hall–Kier alpha value is -1.98. The van der Waals surface area contributed by atoms with Gasteiger partial charge in [-0.1, -0.05) is 0 Å². The third kappa shape index (κ3) is 4.79. The molecule has 22 heavy (non-hydrogen) atoms. The lowest BCUT2D eigenvalue weighted by molar-refractivity contribution is -0.139. The molecule has 1 heterocycles. The molecule has 1 atom stereocenters. The number of hydrogen-bond acceptors (Lipinski definition) is 3. The maximum absolute atomic E-state index is 11.8. The number of aryl methyl sites for hydroxylation is 1. The first kappa shape index (κ1) is 18.1. The zero-order valence-electron chi connectivity index (χ0n) is 14.2. The van der Waals surface area contributed by atoms with E-state index in [0.717, 1.165) is 23.5 Å². The van der Waals surface area contributed by atoms with E-state index in [1.54, 1.807) is 20.8 Å². The van der Waals surface area contributed by atoms with Crippen molar-refractivity contribution in [2.24, 2.45) is 0 Å². The van der Waals surface area contributed by atoms with E-state index in [2.05, 4.69) is 9.88 Å². The average molecular weight is 310 g/mol. The molecule has 0 radical (unpaired) electrons. The Morgan fingerprint density at radius 3 is 2.36 bits per heavy atom. The minimum absolute atomic E-state index is 0.230. The highest BCUT2D eigenvalue weighted by molar-refractivity contribution is 5.80. The van der Waals surface area contributed by atoms with E-state index in [9.17, 15) is 14.7 Å². The summed E-state index contributed by atoms with van der Waals surface area (Å²) in [6.07, 6.45) is -0.488. The smallest absolute Gasteiger partial charge is 0.408 e. The van der Waals surface area contributed by atoms with Crippen LogP contribution in [0.25, 0.3) is 0 Å². The molecule has 0 saturated heterocycles. The predicted molar refractivity (Wildman–Crippen MR) is 84.1 cm³/mol. The summed E-state index contributed by atoms with van der Waals surface area (Å²) in [4.78, 5) is 23.2. The number of hydrogen-bond donors (Lipinski definition) is 2. The molecule has 6 nitrogen and oxygen atoms in total. The number of carboxylic acids is 1. The van der Waals surface area contributed by atoms with Gasteiger partial charge in [-0.25, -0.2) is 9.59 Å². The number of nitrogens with one attached hydrogen (secondary N) is 1. The Morgan fingerprint density at radius 1 is 1.36 bits per heavy atom. The molecule has 124 valence electrons. The highest BCUT2D eigenvalue weighted by atomic mass is 16.6. The van der Waals surface area contributed by atoms with E-state index in [-0.39, 0.29) is 6.42 Å². The summed E-state index contributed by atoms with van der Waals surface area (Å²) in [6.45, 7) is 12.0. The maximum atomic E-state index is 11.8. The van der Waals surface area contributed by atoms with Gasteiger partial charge in [0, 0.05) is 24.4 Å². The van der Waals surface area contributed by atoms with E-state index < -0.39 is 23.7 Å². The number of aliphatic carboxylic acids is 1. The van der Waals surface area contributed by atoms with Gasteiger partial charge in [0.05, 0.1) is 0 Å². The average Bonchev–Trinajstić information content (AvgIpc) is 2.60. The van der Waals surface area contributed by atoms with Crippen LogP contribution in [0.2, 0.25) is 0 Å². The zero-order chi connectivity index (χ0) is 17.1. The molecule has 0 aliphatic heterocycles. The Kier molecular flexibility index (Phi) is 5.63. The Balaban J connectivity index is 2.86. The number of amides is 1. The van der Waals surface area contributed by atoms with Crippen LogP contribution < -0.4 is 5.32 Å². The number of rotatable bonds is 5. The van der Waals surface area contributed by atoms with Gasteiger partial charge in [0.1, 0.15) is 11.6 Å². The van der Waals surface area contributed by atoms with E-state index in [1.807, 2.05) is 26.8 Å². The summed E-state index contributed by atoms with van der Waals surface area (Å²) < 4.78 is 7.23. The fourth-order valence-electron chi connectivity index (χ4n) is 2.44. The highest BCUT2D eigenvalue weighted by Crippen LogP contribution is 2.17. The van der Waals surface area contributed by atoms with Gasteiger partial charge in [0.25, 0.3) is 0 Å². The normalized spacial score (nSPS) is 12.8. The molecule has 0 aromatic carbocycles. The number of nitrogens with zero attached hydrogens (tertiary/aromatic N) is 1. The molecular formula is C16H26N2O4. The fraction of sp³-hybridized carbons (Fsp3) is 0.625. The summed E-state index contributed by atoms with van der Waals surface area (Å²) in [7, 11) is 0. The molecule has 0 saturated carbocycles. The first-order valence-electron chi connectivity index (χ1n) is 7.43. The molecule has 0 aliphatic rings. The van der Waals surface area contributed by atoms with E-state index in [1.165, 1.54) is 0 Å². The molecule has 1 amide bonds. The molecule has 0 bridgehead atoms. The quantitative estimate of drug-likeness (QED) is 0.876. The van der Waals surface area contributed by atoms with Gasteiger partial charge in [-0.15, -0.1) is 0 Å². The van der Waals surface area contributed by atoms with Crippen molar-refractivity contribution in [2.75, 3.05) is 0 Å². The van der Waals surface area contributed by atoms with E-state index >= 15 is 0 Å². The van der Waals surface area contributed by atoms with Gasteiger partial charge in [0.2, 0.25) is 0 Å². The van der Waals surface area contributed by atoms with Crippen molar-refractivity contribution in [1.29, 1.82) is 0 Å². The second kappa shape index (κ2) is 6.85. The summed E-state index contributed by atoms with van der Waals surface area (Å²) in [6, 6.07) is 0.951. The largest absolute Gasteiger partial charge is 0.480 e. The lowest BCUT2D eigenvalue weighted by Gasteiger charge is -2.22. The summed E-state index contributed by atoms with van der Waals surface area (Å²) in [5.41, 5.74) is 2.36. The molecule has 6 heteroatoms. The van der Waals surface area contributed by atoms with Gasteiger partial charge in [-0.3, -0.25) is 0 Å². The van der Waals surface area contributed by atoms with Gasteiger partial charge in [0.15, 0.2) is 0 Å². The Labute approximate surface area is 131 Å². The molecule has 1 aromatic rings. The Morgan fingerprint density at radius 2 is 1.95 bits per heavy atom. The molecule has 1 unspecified atom stereocenters. The molecule has 0 fully saturated rings. The lowest BCUT2D eigenvalue weighted by Crippen LogP contribution is -2.44. The van der Waals surface area contributed by atoms with Gasteiger partial charge in [-0.2, -0.15) is 0 Å². The van der Waals surface area contributed by atoms with Crippen LogP contribution in [-0.4, -0.2) is 33.4 Å². The van der Waals surface area contributed by atoms with Crippen LogP contribution in [0.5, 0.6) is 0 Å². The first-order chi connectivity index (χ1) is 10.0. The van der Waals surface area contributed by atoms with E-state index in [0.29, 0.717) is 0 Å². The summed E-state index contributed by atoms with van der Waals surface area (Å²) in [5, 5.41) is 11.8. The predicted octanol–water partition coefficient (Wildman–Crippen LogP) is 2.65. The third-order valence-electron chi connectivity index (χ3n) is 3.41. The van der Waals surface area contributed by atoms with E-state index in [4.69, 9.17) is 4.74 Å². The van der Waals surface area contributed by atoms with Crippen LogP contribution in [0.1, 0.15) is 44.6 Å². The number of aromatic nitrogens is 1. The van der Waals surface area contributed by atoms with Crippen molar-refractivity contribution in [2.45, 2.75) is 66.2 Å². The Bertz CT molecular complexity index is 555. The topological polar surface area (TPSA) is 80.6 Å². The maximum Gasteiger partial charge on any atom is 0.408 e. The van der Waals surface area contributed by atoms with Crippen molar-refractivity contribution >= 4 is 12.1 Å². The van der Waals surface area contributed by atoms with Crippen molar-refractivity contribution in [3.63, 3.8) is 0 Å². The number of carboxylic acid groups (broad SMARTS) is 1. The molecule has 1 rings (SSSR count). The fourth-order valence-corrected chi connectivity index (χ4v) is 2.44. The van der Waals surface area contributed by atoms with Crippen molar-refractivity contribution in [1.82, 2.24) is 9.88 Å². The number of carbonyl (C=O) groups excluding carboxylic acids is 1. The second-order valence-corrected chi connectivity index (χ2v) is 6.38. The SMILES string of the molecule is CCn1c(C)cc(CC(NC(=O)OC(C)(C)C)C(=O)O)c1C. The number of ether oxygens (including phenoxy) is 1. The van der Waals surface area contributed by atoms with Gasteiger partial charge >= 0.3 is 12.1 Å². The molecule has 2 N–H and O–H groups in total. The number of alkyl carbamates (subject to hydrolysis) is 1. The van der Waals surface area contributed by atoms with Crippen LogP contribution in [-0.2, 0) is 22.5 Å². The monoisotopic (exact) mass is 310 g/mol. The molecule has 0 spiro atoms. The van der Waals surface area contributed by atoms with Crippen molar-refractivity contribution in [3.8, 4) is 0 Å². The lowest BCUT2D eigenvalue weighted by atomic mass is 10.1. The molecular weight excluding hydrogens is 284 g/mol. The van der Waals surface area contributed by atoms with Crippen molar-refractivity contribution < 1.29 is 19.4 Å². The minimum Gasteiger partial charge on any atom is -0.480 e. The van der Waals surface area contributed by atoms with Crippen molar-refractivity contribution in [3.05, 3.63) is 23.0 Å². The standard InChI is InChI=1S/C16H26N2O4/c1-7-18-10(2)8-12(11(18)3)9-13(14(19)20)17-15(21)22-16(4,5)6/h8,13H,7,9H2,1-6H3,(H,17,21)(H,19,20). The third-order valence-corrected chi connectivity index (χ3v) is 3.41. The minimum atomic E-state index is -1.08. The molecule has 1 aromatic heterocycles. The summed E-state index contributed by atoms with van der Waals surface area (Å²) >= 11 is 0.